The van der Waals surface area contributed by atoms with E-state index in [1.807, 2.05) is 12.1 Å². The molecule has 0 spiro atoms. The molecule has 0 amide bonds. The molecule has 3 unspecified atom stereocenters. The van der Waals surface area contributed by atoms with E-state index in [4.69, 9.17) is 0 Å². The van der Waals surface area contributed by atoms with Gasteiger partial charge in [-0.3, -0.25) is 0 Å². The summed E-state index contributed by atoms with van der Waals surface area (Å²) in [6.45, 7) is 20.7. The number of rotatable bonds is 9. The summed E-state index contributed by atoms with van der Waals surface area (Å²) in [4.78, 5) is 11.6. The van der Waals surface area contributed by atoms with Crippen LogP contribution in [0.5, 0.6) is 0 Å². The van der Waals surface area contributed by atoms with Gasteiger partial charge in [-0.2, -0.15) is 0 Å². The first-order valence-corrected chi connectivity index (χ1v) is 22.7. The van der Waals surface area contributed by atoms with Crippen LogP contribution in [0, 0.1) is 69.0 Å². The van der Waals surface area contributed by atoms with Gasteiger partial charge in [-0.25, -0.2) is 13.2 Å². The third kappa shape index (κ3) is 5.40. The molecule has 1 aromatic rings. The van der Waals surface area contributed by atoms with Crippen LogP contribution in [-0.4, -0.2) is 55.7 Å². The van der Waals surface area contributed by atoms with Crippen molar-refractivity contribution in [2.75, 3.05) is 25.4 Å². The SMILES string of the molecule is CC(C)[C@@H]1CCC2(NCCNC[C@@H]3C4CC4CS3(=O)=O)CC[C@]3(C)[C@H](CC[C@@H]4[C@@]5(C)CC[C@@H](c6ccc(C(=O)O)cc6)C(C)(C)[C@@H]5CC[C@]43C)[C@@H]12. The Morgan fingerprint density at radius 3 is 2.27 bits per heavy atom. The van der Waals surface area contributed by atoms with Crippen molar-refractivity contribution in [3.05, 3.63) is 35.4 Å². The van der Waals surface area contributed by atoms with E-state index in [2.05, 4.69) is 71.2 Å². The molecule has 8 rings (SSSR count). The summed E-state index contributed by atoms with van der Waals surface area (Å²) in [5.41, 5.74) is 3.06. The van der Waals surface area contributed by atoms with E-state index in [1.54, 1.807) is 0 Å². The fourth-order valence-corrected chi connectivity index (χ4v) is 18.2. The lowest BCUT2D eigenvalue weighted by Gasteiger charge is -2.73. The molecule has 7 heteroatoms. The van der Waals surface area contributed by atoms with Gasteiger partial charge in [-0.05, 0) is 163 Å². The van der Waals surface area contributed by atoms with Crippen LogP contribution in [0.25, 0.3) is 0 Å². The van der Waals surface area contributed by atoms with Gasteiger partial charge in [0.2, 0.25) is 0 Å². The van der Waals surface area contributed by atoms with Crippen LogP contribution in [0.2, 0.25) is 0 Å². The van der Waals surface area contributed by atoms with Gasteiger partial charge in [0.05, 0.1) is 16.6 Å². The topological polar surface area (TPSA) is 95.5 Å². The van der Waals surface area contributed by atoms with Crippen molar-refractivity contribution in [3.63, 3.8) is 0 Å². The lowest BCUT2D eigenvalue weighted by Crippen LogP contribution is -2.68. The molecular formula is C44H68N2O4S. The van der Waals surface area contributed by atoms with E-state index >= 15 is 0 Å². The number of carboxylic acid groups (broad SMARTS) is 1. The second-order valence-electron chi connectivity index (χ2n) is 20.8. The predicted octanol–water partition coefficient (Wildman–Crippen LogP) is 8.57. The molecule has 3 N–H and O–H groups in total. The summed E-state index contributed by atoms with van der Waals surface area (Å²) < 4.78 is 25.2. The maximum atomic E-state index is 12.6. The van der Waals surface area contributed by atoms with Gasteiger partial charge in [-0.15, -0.1) is 0 Å². The zero-order valence-electron chi connectivity index (χ0n) is 32.8. The van der Waals surface area contributed by atoms with Crippen molar-refractivity contribution in [1.29, 1.82) is 0 Å². The van der Waals surface area contributed by atoms with Gasteiger partial charge in [0.25, 0.3) is 0 Å². The molecule has 0 radical (unpaired) electrons. The largest absolute Gasteiger partial charge is 0.478 e. The van der Waals surface area contributed by atoms with Gasteiger partial charge in [-0.1, -0.05) is 60.6 Å². The van der Waals surface area contributed by atoms with E-state index in [9.17, 15) is 18.3 Å². The normalized spacial score (nSPS) is 47.5. The van der Waals surface area contributed by atoms with Crippen LogP contribution in [0.1, 0.15) is 141 Å². The van der Waals surface area contributed by atoms with Crippen LogP contribution in [0.3, 0.4) is 0 Å². The second-order valence-corrected chi connectivity index (χ2v) is 23.1. The van der Waals surface area contributed by atoms with Crippen LogP contribution in [0.15, 0.2) is 24.3 Å². The third-order valence-corrected chi connectivity index (χ3v) is 20.8. The maximum absolute atomic E-state index is 12.6. The highest BCUT2D eigenvalue weighted by Gasteiger charge is 2.71. The number of fused-ring (bicyclic) bond motifs is 8. The molecule has 1 aliphatic heterocycles. The first kappa shape index (κ1) is 36.5. The molecule has 7 aliphatic rings. The Kier molecular flexibility index (Phi) is 8.80. The van der Waals surface area contributed by atoms with Crippen LogP contribution >= 0.6 is 0 Å². The molecular weight excluding hydrogens is 653 g/mol. The van der Waals surface area contributed by atoms with Crippen LogP contribution < -0.4 is 10.6 Å². The molecule has 1 saturated heterocycles. The van der Waals surface area contributed by atoms with Gasteiger partial charge in [0.1, 0.15) is 0 Å². The molecule has 0 bridgehead atoms. The molecule has 1 aromatic carbocycles. The monoisotopic (exact) mass is 720 g/mol. The summed E-state index contributed by atoms with van der Waals surface area (Å²) in [5, 5.41) is 17.2. The standard InChI is InChI=1S/C44H68N2O4S/c1-27(2)31-14-19-44(46-23-22-45-25-35-32-24-30(32)26-51(35,49)50)21-20-42(6)34(38(31)44)12-13-37-41(5)17-15-33(28-8-10-29(11-9-28)39(47)48)40(3,4)36(41)16-18-43(37,42)7/h8-11,27,30-38,45-46H,12-26H2,1-7H3,(H,47,48)/t30?,31-,32?,33-,34+,35+,36-,37+,38+,41-,42+,43+,44?/m0/s1. The Labute approximate surface area is 309 Å². The van der Waals surface area contributed by atoms with E-state index in [1.165, 1.54) is 69.8 Å². The number of carbonyl (C=O) groups is 1. The van der Waals surface area contributed by atoms with Gasteiger partial charge in [0, 0.05) is 25.2 Å². The Morgan fingerprint density at radius 1 is 0.863 bits per heavy atom. The highest BCUT2D eigenvalue weighted by atomic mass is 32.2. The van der Waals surface area contributed by atoms with Crippen molar-refractivity contribution in [1.82, 2.24) is 10.6 Å². The Bertz CT molecular complexity index is 1620. The summed E-state index contributed by atoms with van der Waals surface area (Å²) in [6.07, 6.45) is 14.1. The first-order chi connectivity index (χ1) is 24.0. The summed E-state index contributed by atoms with van der Waals surface area (Å²) in [5.74, 6) is 5.22. The number of carboxylic acids is 1. The molecule has 7 fully saturated rings. The number of hydrogen-bond acceptors (Lipinski definition) is 5. The van der Waals surface area contributed by atoms with Crippen LogP contribution in [0.4, 0.5) is 0 Å². The Morgan fingerprint density at radius 2 is 1.61 bits per heavy atom. The van der Waals surface area contributed by atoms with Crippen molar-refractivity contribution in [2.24, 2.45) is 69.0 Å². The van der Waals surface area contributed by atoms with Gasteiger partial charge >= 0.3 is 5.97 Å². The molecule has 6 nitrogen and oxygen atoms in total. The summed E-state index contributed by atoms with van der Waals surface area (Å²) in [6, 6.07) is 7.83. The molecule has 6 aliphatic carbocycles. The van der Waals surface area contributed by atoms with E-state index in [0.29, 0.717) is 69.6 Å². The molecule has 6 saturated carbocycles. The summed E-state index contributed by atoms with van der Waals surface area (Å²) in [7, 11) is -2.90. The molecule has 0 aromatic heterocycles. The first-order valence-electron chi connectivity index (χ1n) is 21.0. The lowest BCUT2D eigenvalue weighted by molar-refractivity contribution is -0.235. The van der Waals surface area contributed by atoms with Crippen molar-refractivity contribution in [2.45, 2.75) is 136 Å². The fraction of sp³-hybridized carbons (Fsp3) is 0.841. The van der Waals surface area contributed by atoms with Crippen molar-refractivity contribution in [3.8, 4) is 0 Å². The number of nitrogens with one attached hydrogen (secondary N) is 2. The second kappa shape index (κ2) is 12.3. The van der Waals surface area contributed by atoms with Gasteiger partial charge in [0.15, 0.2) is 9.84 Å². The highest BCUT2D eigenvalue weighted by Crippen LogP contribution is 2.77. The van der Waals surface area contributed by atoms with E-state index < -0.39 is 15.8 Å². The zero-order valence-corrected chi connectivity index (χ0v) is 33.6. The molecule has 13 atom stereocenters. The minimum atomic E-state index is -2.90. The molecule has 51 heavy (non-hydrogen) atoms. The fourth-order valence-electron chi connectivity index (χ4n) is 15.7. The smallest absolute Gasteiger partial charge is 0.335 e. The van der Waals surface area contributed by atoms with Crippen LogP contribution in [-0.2, 0) is 9.84 Å². The van der Waals surface area contributed by atoms with Crippen molar-refractivity contribution < 1.29 is 18.3 Å². The molecule has 284 valence electrons. The number of hydrogen-bond donors (Lipinski definition) is 3. The maximum Gasteiger partial charge on any atom is 0.335 e. The van der Waals surface area contributed by atoms with E-state index in [-0.39, 0.29) is 16.2 Å². The van der Waals surface area contributed by atoms with Crippen molar-refractivity contribution >= 4 is 15.8 Å². The zero-order chi connectivity index (χ0) is 36.4. The minimum absolute atomic E-state index is 0.153. The highest BCUT2D eigenvalue weighted by molar-refractivity contribution is 7.92. The number of sulfone groups is 1. The van der Waals surface area contributed by atoms with E-state index in [0.717, 1.165) is 37.3 Å². The van der Waals surface area contributed by atoms with Gasteiger partial charge < -0.3 is 15.7 Å². The average molecular weight is 721 g/mol. The summed E-state index contributed by atoms with van der Waals surface area (Å²) >= 11 is 0. The number of benzene rings is 1. The average Bonchev–Trinajstić information content (AvgIpc) is 3.59. The lowest BCUT2D eigenvalue weighted by atomic mass is 9.32. The Hall–Kier alpha value is -1.44. The number of aromatic carboxylic acids is 1. The third-order valence-electron chi connectivity index (χ3n) is 18.4. The minimum Gasteiger partial charge on any atom is -0.478 e. The molecule has 1 heterocycles. The quantitative estimate of drug-likeness (QED) is 0.221. The predicted molar refractivity (Wildman–Crippen MR) is 205 cm³/mol. The Balaban J connectivity index is 0.999.